The molecule has 1 unspecified atom stereocenters. The van der Waals surface area contributed by atoms with Crippen LogP contribution in [0.3, 0.4) is 0 Å². The molecule has 1 atom stereocenters. The zero-order chi connectivity index (χ0) is 21.6. The Kier molecular flexibility index (Phi) is 7.82. The van der Waals surface area contributed by atoms with Crippen LogP contribution >= 0.6 is 15.9 Å². The molecule has 1 amide bonds. The van der Waals surface area contributed by atoms with Crippen molar-refractivity contribution in [3.8, 4) is 5.75 Å². The second kappa shape index (κ2) is 9.90. The number of alkyl halides is 3. The number of hydrogen-bond donors (Lipinski definition) is 3. The first-order valence-corrected chi connectivity index (χ1v) is 9.21. The second-order valence-electron chi connectivity index (χ2n) is 5.94. The lowest BCUT2D eigenvalue weighted by Gasteiger charge is -2.18. The van der Waals surface area contributed by atoms with Crippen LogP contribution in [0.25, 0.3) is 0 Å². The zero-order valence-electron chi connectivity index (χ0n) is 15.3. The summed E-state index contributed by atoms with van der Waals surface area (Å²) in [7, 11) is 1.00. The van der Waals surface area contributed by atoms with Gasteiger partial charge in [-0.25, -0.2) is 4.98 Å². The summed E-state index contributed by atoms with van der Waals surface area (Å²) < 4.78 is 40.9. The van der Waals surface area contributed by atoms with Gasteiger partial charge in [-0.1, -0.05) is 0 Å². The molecule has 29 heavy (non-hydrogen) atoms. The molecule has 1 aliphatic rings. The number of aliphatic hydroxyl groups is 2. The topological polar surface area (TPSA) is 94.9 Å². The molecule has 2 heterocycles. The summed E-state index contributed by atoms with van der Waals surface area (Å²) in [6, 6.07) is 6.43. The molecule has 3 rings (SSSR count). The smallest absolute Gasteiger partial charge is 0.406 e. The Labute approximate surface area is 173 Å². The van der Waals surface area contributed by atoms with E-state index in [4.69, 9.17) is 5.11 Å². The van der Waals surface area contributed by atoms with Crippen molar-refractivity contribution < 1.29 is 32.9 Å². The number of nitrogens with one attached hydrogen (secondary N) is 1. The van der Waals surface area contributed by atoms with Gasteiger partial charge in [0.1, 0.15) is 11.6 Å². The Morgan fingerprint density at radius 1 is 1.31 bits per heavy atom. The highest BCUT2D eigenvalue weighted by Gasteiger charge is 2.31. The van der Waals surface area contributed by atoms with Crippen LogP contribution in [-0.4, -0.2) is 53.8 Å². The van der Waals surface area contributed by atoms with Gasteiger partial charge in [0.2, 0.25) is 0 Å². The summed E-state index contributed by atoms with van der Waals surface area (Å²) >= 11 is 3.38. The average Bonchev–Trinajstić information content (AvgIpc) is 3.09. The number of β-amino-alcohol motifs (C(OH)–C–C–N with tert-alkyl or cyclic N) is 1. The fourth-order valence-electron chi connectivity index (χ4n) is 2.66. The average molecular weight is 478 g/mol. The number of hydrogen-bond acceptors (Lipinski definition) is 6. The minimum absolute atomic E-state index is 0.279. The van der Waals surface area contributed by atoms with Gasteiger partial charge in [0.05, 0.1) is 16.1 Å². The largest absolute Gasteiger partial charge is 0.573 e. The third kappa shape index (κ3) is 6.58. The molecule has 1 fully saturated rings. The van der Waals surface area contributed by atoms with Gasteiger partial charge in [0.25, 0.3) is 5.91 Å². The third-order valence-corrected chi connectivity index (χ3v) is 4.48. The summed E-state index contributed by atoms with van der Waals surface area (Å²) in [5, 5.41) is 19.2. The van der Waals surface area contributed by atoms with E-state index >= 15 is 0 Å². The molecule has 1 aromatic heterocycles. The minimum Gasteiger partial charge on any atom is -0.406 e. The van der Waals surface area contributed by atoms with Crippen molar-refractivity contribution in [1.29, 1.82) is 0 Å². The lowest BCUT2D eigenvalue weighted by Crippen LogP contribution is -2.23. The second-order valence-corrected chi connectivity index (χ2v) is 6.80. The molecule has 1 saturated heterocycles. The molecule has 0 aliphatic carbocycles. The molecule has 0 spiro atoms. The maximum absolute atomic E-state index is 12.3. The first-order chi connectivity index (χ1) is 13.7. The summed E-state index contributed by atoms with van der Waals surface area (Å²) in [5.74, 6) is -0.195. The van der Waals surface area contributed by atoms with Gasteiger partial charge in [-0.05, 0) is 52.7 Å². The van der Waals surface area contributed by atoms with Crippen molar-refractivity contribution in [1.82, 2.24) is 4.98 Å². The van der Waals surface area contributed by atoms with Crippen molar-refractivity contribution in [2.45, 2.75) is 18.9 Å². The fraction of sp³-hybridized carbons (Fsp3) is 0.333. The van der Waals surface area contributed by atoms with E-state index < -0.39 is 18.4 Å². The predicted molar refractivity (Wildman–Crippen MR) is 104 cm³/mol. The summed E-state index contributed by atoms with van der Waals surface area (Å²) in [6.45, 7) is 1.15. The third-order valence-electron chi connectivity index (χ3n) is 3.89. The number of ether oxygens (including phenoxy) is 1. The maximum Gasteiger partial charge on any atom is 0.573 e. The van der Waals surface area contributed by atoms with Gasteiger partial charge in [0, 0.05) is 32.1 Å². The Bertz CT molecular complexity index is 834. The fourth-order valence-corrected chi connectivity index (χ4v) is 3.26. The van der Waals surface area contributed by atoms with Gasteiger partial charge in [-0.15, -0.1) is 13.2 Å². The lowest BCUT2D eigenvalue weighted by atomic mass is 10.2. The molecule has 3 N–H and O–H groups in total. The molecule has 7 nitrogen and oxygen atoms in total. The standard InChI is InChI=1S/C17H15BrF3N3O3.CH4O/c18-14-7-10(8-22-15(14)24-6-5-12(25)9-24)16(26)23-11-1-3-13(4-2-11)27-17(19,20)21;1-2/h1-4,7-8,12,25H,5-6,9H2,(H,23,26);2H,1H3. The highest BCUT2D eigenvalue weighted by molar-refractivity contribution is 9.10. The SMILES string of the molecule is CO.O=C(Nc1ccc(OC(F)(F)F)cc1)c1cnc(N2CCC(O)C2)c(Br)c1. The Morgan fingerprint density at radius 3 is 2.48 bits per heavy atom. The van der Waals surface area contributed by atoms with E-state index in [2.05, 4.69) is 31.0 Å². The van der Waals surface area contributed by atoms with Crippen molar-refractivity contribution in [3.05, 3.63) is 46.6 Å². The molecule has 0 radical (unpaired) electrons. The van der Waals surface area contributed by atoms with Crippen LogP contribution in [0.15, 0.2) is 41.0 Å². The van der Waals surface area contributed by atoms with Crippen LogP contribution in [0.5, 0.6) is 5.75 Å². The number of halogens is 4. The number of amides is 1. The summed E-state index contributed by atoms with van der Waals surface area (Å²) in [6.07, 6.45) is -3.10. The van der Waals surface area contributed by atoms with Gasteiger partial charge < -0.3 is 25.2 Å². The summed E-state index contributed by atoms with van der Waals surface area (Å²) in [4.78, 5) is 18.5. The lowest BCUT2D eigenvalue weighted by molar-refractivity contribution is -0.274. The molecule has 0 saturated carbocycles. The number of aliphatic hydroxyl groups excluding tert-OH is 2. The first kappa shape index (κ1) is 22.9. The Morgan fingerprint density at radius 2 is 1.97 bits per heavy atom. The number of nitrogens with zero attached hydrogens (tertiary/aromatic N) is 2. The van der Waals surface area contributed by atoms with Crippen LogP contribution in [0, 0.1) is 0 Å². The zero-order valence-corrected chi connectivity index (χ0v) is 16.9. The van der Waals surface area contributed by atoms with Crippen LogP contribution in [-0.2, 0) is 0 Å². The van der Waals surface area contributed by atoms with E-state index in [1.807, 2.05) is 4.90 Å². The monoisotopic (exact) mass is 477 g/mol. The van der Waals surface area contributed by atoms with Crippen molar-refractivity contribution in [2.75, 3.05) is 30.4 Å². The van der Waals surface area contributed by atoms with Crippen molar-refractivity contribution in [3.63, 3.8) is 0 Å². The molecular formula is C18H19BrF3N3O4. The van der Waals surface area contributed by atoms with Crippen molar-refractivity contribution >= 4 is 33.3 Å². The Balaban J connectivity index is 0.00000145. The van der Waals surface area contributed by atoms with Crippen LogP contribution < -0.4 is 15.0 Å². The number of carbonyl (C=O) groups excluding carboxylic acids is 1. The number of carbonyl (C=O) groups is 1. The predicted octanol–water partition coefficient (Wildman–Crippen LogP) is 3.17. The van der Waals surface area contributed by atoms with Crippen LogP contribution in [0.1, 0.15) is 16.8 Å². The Hall–Kier alpha value is -2.37. The first-order valence-electron chi connectivity index (χ1n) is 8.42. The van der Waals surface area contributed by atoms with Gasteiger partial charge >= 0.3 is 6.36 Å². The van der Waals surface area contributed by atoms with E-state index in [0.717, 1.165) is 19.2 Å². The highest BCUT2D eigenvalue weighted by Crippen LogP contribution is 2.28. The number of rotatable bonds is 4. The van der Waals surface area contributed by atoms with E-state index in [1.54, 1.807) is 6.07 Å². The summed E-state index contributed by atoms with van der Waals surface area (Å²) in [5.41, 5.74) is 0.596. The van der Waals surface area contributed by atoms with Crippen molar-refractivity contribution in [2.24, 2.45) is 0 Å². The molecule has 1 aromatic carbocycles. The molecule has 1 aliphatic heterocycles. The maximum atomic E-state index is 12.3. The van der Waals surface area contributed by atoms with Crippen LogP contribution in [0.2, 0.25) is 0 Å². The molecule has 158 valence electrons. The number of benzene rings is 1. The number of anilines is 2. The molecule has 0 bridgehead atoms. The number of pyridine rings is 1. The van der Waals surface area contributed by atoms with Gasteiger partial charge in [-0.2, -0.15) is 0 Å². The van der Waals surface area contributed by atoms with Crippen LogP contribution in [0.4, 0.5) is 24.7 Å². The van der Waals surface area contributed by atoms with E-state index in [9.17, 15) is 23.1 Å². The molecule has 11 heteroatoms. The molecular weight excluding hydrogens is 459 g/mol. The van der Waals surface area contributed by atoms with Gasteiger partial charge in [-0.3, -0.25) is 4.79 Å². The van der Waals surface area contributed by atoms with E-state index in [0.29, 0.717) is 35.5 Å². The number of aromatic nitrogens is 1. The van der Waals surface area contributed by atoms with Gasteiger partial charge in [0.15, 0.2) is 0 Å². The quantitative estimate of drug-likeness (QED) is 0.625. The highest BCUT2D eigenvalue weighted by atomic mass is 79.9. The minimum atomic E-state index is -4.77. The van der Waals surface area contributed by atoms with E-state index in [-0.39, 0.29) is 11.3 Å². The molecule has 2 aromatic rings. The normalized spacial score (nSPS) is 16.1. The van der Waals surface area contributed by atoms with E-state index in [1.165, 1.54) is 18.3 Å².